The number of carbonyl (C=O) groups excluding carboxylic acids is 1. The standard InChI is InChI=1S/C19H20N4OS/c1-12-15-10-13(11-20-18(15)22-21-12)19(24)23-9-5-7-16(23)14-6-3-4-8-17(14)25-2/h3-4,6,8,10-11,16H,5,7,9H2,1-2H3,(H,20,21,22). The zero-order chi connectivity index (χ0) is 17.4. The molecule has 1 fully saturated rings. The van der Waals surface area contributed by atoms with Crippen molar-refractivity contribution < 1.29 is 4.79 Å². The number of aromatic amines is 1. The first kappa shape index (κ1) is 16.1. The Morgan fingerprint density at radius 2 is 2.20 bits per heavy atom. The van der Waals surface area contributed by atoms with Crippen LogP contribution < -0.4 is 0 Å². The molecule has 0 aliphatic carbocycles. The molecule has 1 aliphatic heterocycles. The fourth-order valence-electron chi connectivity index (χ4n) is 3.58. The van der Waals surface area contributed by atoms with E-state index in [-0.39, 0.29) is 11.9 Å². The van der Waals surface area contributed by atoms with Crippen molar-refractivity contribution in [3.05, 3.63) is 53.3 Å². The highest BCUT2D eigenvalue weighted by Crippen LogP contribution is 2.37. The van der Waals surface area contributed by atoms with Crippen LogP contribution in [-0.2, 0) is 0 Å². The van der Waals surface area contributed by atoms with Crippen molar-refractivity contribution >= 4 is 28.7 Å². The van der Waals surface area contributed by atoms with Gasteiger partial charge in [-0.15, -0.1) is 11.8 Å². The summed E-state index contributed by atoms with van der Waals surface area (Å²) in [6.07, 6.45) is 5.75. The van der Waals surface area contributed by atoms with Gasteiger partial charge in [0.05, 0.1) is 11.6 Å². The third-order valence-corrected chi connectivity index (χ3v) is 5.67. The molecule has 5 nitrogen and oxygen atoms in total. The minimum absolute atomic E-state index is 0.0495. The summed E-state index contributed by atoms with van der Waals surface area (Å²) < 4.78 is 0. The molecule has 6 heteroatoms. The van der Waals surface area contributed by atoms with Crippen molar-refractivity contribution in [1.29, 1.82) is 0 Å². The Labute approximate surface area is 150 Å². The lowest BCUT2D eigenvalue weighted by atomic mass is 10.0. The summed E-state index contributed by atoms with van der Waals surface area (Å²) in [5.41, 5.74) is 3.46. The number of aryl methyl sites for hydroxylation is 1. The number of carbonyl (C=O) groups is 1. The predicted molar refractivity (Wildman–Crippen MR) is 99.9 cm³/mol. The zero-order valence-corrected chi connectivity index (χ0v) is 15.1. The lowest BCUT2D eigenvalue weighted by Crippen LogP contribution is -2.30. The maximum absolute atomic E-state index is 13.2. The largest absolute Gasteiger partial charge is 0.332 e. The molecule has 0 bridgehead atoms. The molecule has 1 aliphatic rings. The Kier molecular flexibility index (Phi) is 4.21. The van der Waals surface area contributed by atoms with Crippen LogP contribution in [0.5, 0.6) is 0 Å². The van der Waals surface area contributed by atoms with E-state index in [9.17, 15) is 4.79 Å². The van der Waals surface area contributed by atoms with E-state index in [1.807, 2.05) is 17.9 Å². The van der Waals surface area contributed by atoms with E-state index in [1.54, 1.807) is 18.0 Å². The first-order chi connectivity index (χ1) is 12.2. The van der Waals surface area contributed by atoms with Crippen molar-refractivity contribution in [1.82, 2.24) is 20.1 Å². The molecule has 3 heterocycles. The highest BCUT2D eigenvalue weighted by molar-refractivity contribution is 7.98. The molecule has 25 heavy (non-hydrogen) atoms. The summed E-state index contributed by atoms with van der Waals surface area (Å²) in [5, 5.41) is 7.97. The third-order valence-electron chi connectivity index (χ3n) is 4.86. The van der Waals surface area contributed by atoms with E-state index in [0.29, 0.717) is 11.2 Å². The summed E-state index contributed by atoms with van der Waals surface area (Å²) >= 11 is 1.73. The smallest absolute Gasteiger partial charge is 0.255 e. The van der Waals surface area contributed by atoms with E-state index in [4.69, 9.17) is 0 Å². The second-order valence-corrected chi connectivity index (χ2v) is 7.19. The van der Waals surface area contributed by atoms with Crippen LogP contribution in [-0.4, -0.2) is 38.8 Å². The van der Waals surface area contributed by atoms with Gasteiger partial charge in [-0.1, -0.05) is 18.2 Å². The monoisotopic (exact) mass is 352 g/mol. The number of fused-ring (bicyclic) bond motifs is 1. The second kappa shape index (κ2) is 6.52. The van der Waals surface area contributed by atoms with Crippen LogP contribution in [0.3, 0.4) is 0 Å². The third kappa shape index (κ3) is 2.80. The Hall–Kier alpha value is -2.34. The molecule has 3 aromatic rings. The quantitative estimate of drug-likeness (QED) is 0.725. The van der Waals surface area contributed by atoms with E-state index < -0.39 is 0 Å². The number of thioether (sulfide) groups is 1. The number of rotatable bonds is 3. The van der Waals surface area contributed by atoms with Gasteiger partial charge in [-0.05, 0) is 43.7 Å². The predicted octanol–water partition coefficient (Wildman–Crippen LogP) is 3.97. The number of pyridine rings is 1. The molecule has 0 saturated carbocycles. The molecule has 2 aromatic heterocycles. The van der Waals surface area contributed by atoms with Crippen molar-refractivity contribution in [2.75, 3.05) is 12.8 Å². The van der Waals surface area contributed by atoms with Crippen LogP contribution in [0.15, 0.2) is 41.4 Å². The number of nitrogens with zero attached hydrogens (tertiary/aromatic N) is 3. The molecule has 1 N–H and O–H groups in total. The summed E-state index contributed by atoms with van der Waals surface area (Å²) in [7, 11) is 0. The molecular weight excluding hydrogens is 332 g/mol. The lowest BCUT2D eigenvalue weighted by molar-refractivity contribution is 0.0734. The number of amides is 1. The first-order valence-electron chi connectivity index (χ1n) is 8.43. The minimum atomic E-state index is 0.0495. The number of benzene rings is 1. The molecule has 0 spiro atoms. The summed E-state index contributed by atoms with van der Waals surface area (Å²) in [4.78, 5) is 20.7. The number of hydrogen-bond donors (Lipinski definition) is 1. The highest BCUT2D eigenvalue weighted by atomic mass is 32.2. The van der Waals surface area contributed by atoms with E-state index in [1.165, 1.54) is 10.5 Å². The van der Waals surface area contributed by atoms with Crippen LogP contribution in [0, 0.1) is 6.92 Å². The molecule has 1 aromatic carbocycles. The average molecular weight is 352 g/mol. The van der Waals surface area contributed by atoms with Gasteiger partial charge in [0.15, 0.2) is 5.65 Å². The zero-order valence-electron chi connectivity index (χ0n) is 14.3. The van der Waals surface area contributed by atoms with Gasteiger partial charge in [0.1, 0.15) is 0 Å². The minimum Gasteiger partial charge on any atom is -0.332 e. The van der Waals surface area contributed by atoms with Gasteiger partial charge in [-0.3, -0.25) is 9.89 Å². The second-order valence-electron chi connectivity index (χ2n) is 6.34. The summed E-state index contributed by atoms with van der Waals surface area (Å²) in [6, 6.07) is 10.4. The number of nitrogens with one attached hydrogen (secondary N) is 1. The van der Waals surface area contributed by atoms with E-state index in [0.717, 1.165) is 30.5 Å². The van der Waals surface area contributed by atoms with E-state index in [2.05, 4.69) is 45.7 Å². The van der Waals surface area contributed by atoms with Gasteiger partial charge >= 0.3 is 0 Å². The van der Waals surface area contributed by atoms with Crippen molar-refractivity contribution in [3.63, 3.8) is 0 Å². The van der Waals surface area contributed by atoms with Crippen LogP contribution in [0.1, 0.15) is 40.5 Å². The fourth-order valence-corrected chi connectivity index (χ4v) is 4.23. The topological polar surface area (TPSA) is 61.9 Å². The van der Waals surface area contributed by atoms with Gasteiger partial charge in [0.25, 0.3) is 5.91 Å². The Bertz CT molecular complexity index is 936. The van der Waals surface area contributed by atoms with Gasteiger partial charge < -0.3 is 4.90 Å². The van der Waals surface area contributed by atoms with Crippen molar-refractivity contribution in [3.8, 4) is 0 Å². The molecule has 1 atom stereocenters. The SMILES string of the molecule is CSc1ccccc1C1CCCN1C(=O)c1cnc2n[nH]c(C)c2c1. The Balaban J connectivity index is 1.69. The summed E-state index contributed by atoms with van der Waals surface area (Å²) in [6.45, 7) is 2.73. The number of aromatic nitrogens is 3. The highest BCUT2D eigenvalue weighted by Gasteiger charge is 2.32. The van der Waals surface area contributed by atoms with E-state index >= 15 is 0 Å². The van der Waals surface area contributed by atoms with Crippen molar-refractivity contribution in [2.45, 2.75) is 30.7 Å². The molecule has 0 radical (unpaired) electrons. The lowest BCUT2D eigenvalue weighted by Gasteiger charge is -2.26. The van der Waals surface area contributed by atoms with Crippen LogP contribution in [0.4, 0.5) is 0 Å². The van der Waals surface area contributed by atoms with Crippen LogP contribution in [0.25, 0.3) is 11.0 Å². The Morgan fingerprint density at radius 1 is 1.36 bits per heavy atom. The van der Waals surface area contributed by atoms with Gasteiger partial charge in [0.2, 0.25) is 0 Å². The number of H-pyrrole nitrogens is 1. The first-order valence-corrected chi connectivity index (χ1v) is 9.66. The molecule has 4 rings (SSSR count). The molecule has 128 valence electrons. The maximum atomic E-state index is 13.2. The number of hydrogen-bond acceptors (Lipinski definition) is 4. The molecule has 1 saturated heterocycles. The summed E-state index contributed by atoms with van der Waals surface area (Å²) in [5.74, 6) is 0.0495. The van der Waals surface area contributed by atoms with Crippen LogP contribution >= 0.6 is 11.8 Å². The molecular formula is C19H20N4OS. The molecule has 1 unspecified atom stereocenters. The van der Waals surface area contributed by atoms with Gasteiger partial charge in [0, 0.05) is 28.7 Å². The average Bonchev–Trinajstić information content (AvgIpc) is 3.28. The molecule has 1 amide bonds. The van der Waals surface area contributed by atoms with Gasteiger partial charge in [-0.2, -0.15) is 5.10 Å². The van der Waals surface area contributed by atoms with Crippen LogP contribution in [0.2, 0.25) is 0 Å². The number of likely N-dealkylation sites (tertiary alicyclic amines) is 1. The fraction of sp³-hybridized carbons (Fsp3) is 0.316. The Morgan fingerprint density at radius 3 is 3.04 bits per heavy atom. The van der Waals surface area contributed by atoms with Crippen molar-refractivity contribution in [2.24, 2.45) is 0 Å². The maximum Gasteiger partial charge on any atom is 0.255 e. The van der Waals surface area contributed by atoms with Gasteiger partial charge in [-0.25, -0.2) is 4.98 Å². The normalized spacial score (nSPS) is 17.4.